The van der Waals surface area contributed by atoms with Gasteiger partial charge in [0.1, 0.15) is 11.9 Å². The van der Waals surface area contributed by atoms with E-state index in [4.69, 9.17) is 0 Å². The van der Waals surface area contributed by atoms with Crippen LogP contribution in [-0.2, 0) is 0 Å². The van der Waals surface area contributed by atoms with Crippen LogP contribution in [-0.4, -0.2) is 68.1 Å². The Balaban J connectivity index is 1.41. The van der Waals surface area contributed by atoms with E-state index in [0.29, 0.717) is 17.1 Å². The standard InChI is InChI=1S/C24H29FN6O/c1-23-9-10-24(2,29(3)14-23)21(25)22(23)30(4)20-8-7-18(27-28-20)17-6-5-16(13-19(17)32)31-12-11-26-15-31/h5-8,11-13,15,21-22,32H,9-10,14H2,1-4H3/t21-,22-,23+,24+/m1/s1. The van der Waals surface area contributed by atoms with Crippen LogP contribution in [0.4, 0.5) is 10.2 Å². The minimum atomic E-state index is -0.980. The Hall–Kier alpha value is -3.00. The highest BCUT2D eigenvalue weighted by Crippen LogP contribution is 2.52. The minimum absolute atomic E-state index is 0.114. The number of aromatic nitrogens is 4. The lowest BCUT2D eigenvalue weighted by Crippen LogP contribution is -2.74. The van der Waals surface area contributed by atoms with Gasteiger partial charge in [0, 0.05) is 43.0 Å². The summed E-state index contributed by atoms with van der Waals surface area (Å²) in [7, 11) is 3.94. The number of nitrogens with zero attached hydrogens (tertiary/aromatic N) is 6. The van der Waals surface area contributed by atoms with Crippen molar-refractivity contribution < 1.29 is 9.50 Å². The van der Waals surface area contributed by atoms with Crippen LogP contribution < -0.4 is 4.90 Å². The summed E-state index contributed by atoms with van der Waals surface area (Å²) >= 11 is 0. The molecule has 168 valence electrons. The van der Waals surface area contributed by atoms with E-state index in [1.165, 1.54) is 0 Å². The Bertz CT molecular complexity index is 1120. The van der Waals surface area contributed by atoms with Crippen molar-refractivity contribution in [2.24, 2.45) is 5.41 Å². The van der Waals surface area contributed by atoms with E-state index in [2.05, 4.69) is 27.0 Å². The van der Waals surface area contributed by atoms with Crippen LogP contribution in [0.3, 0.4) is 0 Å². The molecule has 0 unspecified atom stereocenters. The van der Waals surface area contributed by atoms with Gasteiger partial charge in [-0.3, -0.25) is 4.90 Å². The fourth-order valence-corrected chi connectivity index (χ4v) is 5.59. The molecule has 6 rings (SSSR count). The molecular weight excluding hydrogens is 407 g/mol. The van der Waals surface area contributed by atoms with Gasteiger partial charge < -0.3 is 14.6 Å². The third kappa shape index (κ3) is 3.08. The van der Waals surface area contributed by atoms with Crippen molar-refractivity contribution in [1.29, 1.82) is 0 Å². The van der Waals surface area contributed by atoms with Gasteiger partial charge in [0.2, 0.25) is 0 Å². The number of fused-ring (bicyclic) bond motifs is 3. The molecule has 2 bridgehead atoms. The number of anilines is 1. The van der Waals surface area contributed by atoms with Crippen molar-refractivity contribution in [1.82, 2.24) is 24.6 Å². The molecule has 1 N–H and O–H groups in total. The van der Waals surface area contributed by atoms with Crippen LogP contribution in [0.25, 0.3) is 16.9 Å². The van der Waals surface area contributed by atoms with Gasteiger partial charge in [-0.1, -0.05) is 6.92 Å². The van der Waals surface area contributed by atoms with Crippen molar-refractivity contribution in [3.05, 3.63) is 49.1 Å². The number of aromatic hydroxyl groups is 1. The highest BCUT2D eigenvalue weighted by atomic mass is 19.1. The van der Waals surface area contributed by atoms with Gasteiger partial charge in [-0.25, -0.2) is 9.37 Å². The number of phenolic OH excluding ortho intramolecular Hbond substituents is 1. The number of benzene rings is 1. The van der Waals surface area contributed by atoms with Gasteiger partial charge in [0.25, 0.3) is 0 Å². The molecule has 32 heavy (non-hydrogen) atoms. The summed E-state index contributed by atoms with van der Waals surface area (Å²) in [5.74, 6) is 0.749. The lowest BCUT2D eigenvalue weighted by Gasteiger charge is -2.63. The first-order valence-corrected chi connectivity index (χ1v) is 11.0. The van der Waals surface area contributed by atoms with Crippen LogP contribution >= 0.6 is 0 Å². The smallest absolute Gasteiger partial charge is 0.151 e. The molecule has 4 heterocycles. The molecule has 4 atom stereocenters. The Kier molecular flexibility index (Phi) is 4.74. The number of hydrogen-bond donors (Lipinski definition) is 1. The van der Waals surface area contributed by atoms with Gasteiger partial charge in [0.05, 0.1) is 29.3 Å². The normalized spacial score (nSPS) is 29.9. The topological polar surface area (TPSA) is 70.3 Å². The van der Waals surface area contributed by atoms with Crippen molar-refractivity contribution in [3.8, 4) is 22.7 Å². The summed E-state index contributed by atoms with van der Waals surface area (Å²) in [6, 6.07) is 8.80. The second kappa shape index (κ2) is 7.27. The van der Waals surface area contributed by atoms with Crippen molar-refractivity contribution in [2.75, 3.05) is 25.5 Å². The zero-order chi connectivity index (χ0) is 22.7. The van der Waals surface area contributed by atoms with Crippen LogP contribution in [0.2, 0.25) is 0 Å². The van der Waals surface area contributed by atoms with Gasteiger partial charge >= 0.3 is 0 Å². The number of piperidine rings is 2. The predicted molar refractivity (Wildman–Crippen MR) is 122 cm³/mol. The number of hydrogen-bond acceptors (Lipinski definition) is 6. The summed E-state index contributed by atoms with van der Waals surface area (Å²) < 4.78 is 17.6. The fraction of sp³-hybridized carbons (Fsp3) is 0.458. The number of alkyl halides is 1. The number of phenols is 1. The molecule has 2 aromatic heterocycles. The van der Waals surface area contributed by atoms with Crippen LogP contribution in [0.5, 0.6) is 5.75 Å². The molecular formula is C24H29FN6O. The molecule has 1 saturated carbocycles. The van der Waals surface area contributed by atoms with E-state index in [0.717, 1.165) is 25.1 Å². The zero-order valence-electron chi connectivity index (χ0n) is 18.9. The molecule has 2 saturated heterocycles. The molecule has 3 fully saturated rings. The molecule has 0 amide bonds. The van der Waals surface area contributed by atoms with E-state index >= 15 is 4.39 Å². The van der Waals surface area contributed by atoms with Gasteiger partial charge in [-0.2, -0.15) is 0 Å². The molecule has 3 aliphatic rings. The monoisotopic (exact) mass is 436 g/mol. The number of halogens is 1. The van der Waals surface area contributed by atoms with Gasteiger partial charge in [-0.05, 0) is 51.1 Å². The second-order valence-electron chi connectivity index (χ2n) is 9.77. The molecule has 0 radical (unpaired) electrons. The molecule has 7 nitrogen and oxygen atoms in total. The quantitative estimate of drug-likeness (QED) is 0.673. The maximum atomic E-state index is 15.7. The lowest BCUT2D eigenvalue weighted by atomic mass is 9.59. The first-order chi connectivity index (χ1) is 15.2. The third-order valence-corrected chi connectivity index (χ3v) is 7.75. The largest absolute Gasteiger partial charge is 0.507 e. The van der Waals surface area contributed by atoms with Gasteiger partial charge in [-0.15, -0.1) is 10.2 Å². The summed E-state index contributed by atoms with van der Waals surface area (Å²) in [5, 5.41) is 19.3. The summed E-state index contributed by atoms with van der Waals surface area (Å²) in [4.78, 5) is 8.16. The van der Waals surface area contributed by atoms with E-state index in [1.54, 1.807) is 18.6 Å². The fourth-order valence-electron chi connectivity index (χ4n) is 5.59. The number of imidazole rings is 1. The minimum Gasteiger partial charge on any atom is -0.507 e. The number of rotatable bonds is 4. The van der Waals surface area contributed by atoms with Gasteiger partial charge in [0.15, 0.2) is 5.82 Å². The molecule has 1 aliphatic carbocycles. The second-order valence-corrected chi connectivity index (χ2v) is 9.77. The Morgan fingerprint density at radius 2 is 1.97 bits per heavy atom. The first-order valence-electron chi connectivity index (χ1n) is 11.0. The SMILES string of the molecule is CN(c1ccc(-c2ccc(-n3ccnc3)cc2O)nn1)[C@@H]1[C@@H](F)[C@]2(C)CC[C@@]1(C)CN2C. The maximum absolute atomic E-state index is 15.7. The molecule has 0 spiro atoms. The average molecular weight is 437 g/mol. The van der Waals surface area contributed by atoms with E-state index < -0.39 is 11.7 Å². The average Bonchev–Trinajstić information content (AvgIpc) is 3.31. The highest BCUT2D eigenvalue weighted by molar-refractivity contribution is 5.69. The van der Waals surface area contributed by atoms with Crippen molar-refractivity contribution in [2.45, 2.75) is 44.4 Å². The summed E-state index contributed by atoms with van der Waals surface area (Å²) in [6.45, 7) is 5.07. The zero-order valence-corrected chi connectivity index (χ0v) is 18.9. The van der Waals surface area contributed by atoms with E-state index in [1.807, 2.05) is 60.9 Å². The Labute approximate surface area is 187 Å². The molecule has 3 aromatic rings. The van der Waals surface area contributed by atoms with E-state index in [9.17, 15) is 5.11 Å². The van der Waals surface area contributed by atoms with E-state index in [-0.39, 0.29) is 17.2 Å². The Morgan fingerprint density at radius 3 is 2.59 bits per heavy atom. The van der Waals surface area contributed by atoms with Crippen LogP contribution in [0, 0.1) is 5.41 Å². The Morgan fingerprint density at radius 1 is 1.16 bits per heavy atom. The molecule has 8 heteroatoms. The maximum Gasteiger partial charge on any atom is 0.151 e. The molecule has 2 aliphatic heterocycles. The van der Waals surface area contributed by atoms with Crippen molar-refractivity contribution in [3.63, 3.8) is 0 Å². The third-order valence-electron chi connectivity index (χ3n) is 7.75. The summed E-state index contributed by atoms with van der Waals surface area (Å²) in [5.41, 5.74) is 1.37. The van der Waals surface area contributed by atoms with Crippen LogP contribution in [0.1, 0.15) is 26.7 Å². The molecule has 1 aromatic carbocycles. The first kappa shape index (κ1) is 20.9. The summed E-state index contributed by atoms with van der Waals surface area (Å²) in [6.07, 6.45) is 6.05. The van der Waals surface area contributed by atoms with Crippen molar-refractivity contribution >= 4 is 5.82 Å². The van der Waals surface area contributed by atoms with Crippen LogP contribution in [0.15, 0.2) is 49.1 Å². The predicted octanol–water partition coefficient (Wildman–Crippen LogP) is 3.68. The lowest BCUT2D eigenvalue weighted by molar-refractivity contribution is -0.123. The highest BCUT2D eigenvalue weighted by Gasteiger charge is 2.61.